The fraction of sp³-hybridized carbons (Fsp3) is 0.231. The summed E-state index contributed by atoms with van der Waals surface area (Å²) in [6.07, 6.45) is 0. The maximum absolute atomic E-state index is 13.5. The Balaban J connectivity index is 1.90. The van der Waals surface area contributed by atoms with Crippen molar-refractivity contribution in [1.29, 1.82) is 0 Å². The average Bonchev–Trinajstić information content (AvgIpc) is 2.97. The largest absolute Gasteiger partial charge is 0.243 e. The van der Waals surface area contributed by atoms with Gasteiger partial charge in [-0.05, 0) is 23.6 Å². The van der Waals surface area contributed by atoms with Gasteiger partial charge in [0.2, 0.25) is 10.0 Å². The van der Waals surface area contributed by atoms with Crippen molar-refractivity contribution >= 4 is 33.1 Å². The summed E-state index contributed by atoms with van der Waals surface area (Å²) in [5.41, 5.74) is 0. The molecule has 1 heterocycles. The van der Waals surface area contributed by atoms with E-state index in [1.54, 1.807) is 11.3 Å². The van der Waals surface area contributed by atoms with Crippen molar-refractivity contribution in [2.75, 3.05) is 12.3 Å². The van der Waals surface area contributed by atoms with E-state index in [0.29, 0.717) is 17.9 Å². The molecule has 0 aliphatic carbocycles. The Morgan fingerprint density at radius 2 is 1.91 bits per heavy atom. The van der Waals surface area contributed by atoms with Crippen molar-refractivity contribution < 1.29 is 21.6 Å². The summed E-state index contributed by atoms with van der Waals surface area (Å²) >= 11 is 3.11. The Bertz CT molecular complexity index is 733. The second-order valence-corrected chi connectivity index (χ2v) is 8.08. The molecule has 9 heteroatoms. The van der Waals surface area contributed by atoms with E-state index in [2.05, 4.69) is 4.72 Å². The smallest absolute Gasteiger partial charge is 0.210 e. The van der Waals surface area contributed by atoms with Gasteiger partial charge in [0.05, 0.1) is 0 Å². The first-order chi connectivity index (χ1) is 10.4. The number of rotatable bonds is 7. The monoisotopic (exact) mass is 367 g/mol. The molecule has 1 aromatic carbocycles. The van der Waals surface area contributed by atoms with Crippen LogP contribution in [0.4, 0.5) is 13.2 Å². The number of hydrogen-bond acceptors (Lipinski definition) is 4. The van der Waals surface area contributed by atoms with Gasteiger partial charge in [0.15, 0.2) is 17.5 Å². The second kappa shape index (κ2) is 7.49. The predicted octanol–water partition coefficient (Wildman–Crippen LogP) is 3.38. The van der Waals surface area contributed by atoms with Crippen LogP contribution in [0.1, 0.15) is 4.88 Å². The molecule has 3 nitrogen and oxygen atoms in total. The molecule has 0 aliphatic heterocycles. The van der Waals surface area contributed by atoms with Crippen LogP contribution in [0.15, 0.2) is 34.5 Å². The van der Waals surface area contributed by atoms with Crippen LogP contribution in [0.3, 0.4) is 0 Å². The molecule has 0 saturated heterocycles. The lowest BCUT2D eigenvalue weighted by Crippen LogP contribution is -2.27. The Kier molecular flexibility index (Phi) is 5.90. The first kappa shape index (κ1) is 17.3. The van der Waals surface area contributed by atoms with Gasteiger partial charge in [-0.3, -0.25) is 0 Å². The molecule has 120 valence electrons. The highest BCUT2D eigenvalue weighted by atomic mass is 32.2. The number of thioether (sulfide) groups is 1. The fourth-order valence-corrected chi connectivity index (χ4v) is 4.54. The zero-order valence-corrected chi connectivity index (χ0v) is 13.6. The van der Waals surface area contributed by atoms with E-state index in [9.17, 15) is 21.6 Å². The second-order valence-electron chi connectivity index (χ2n) is 4.20. The third-order valence-corrected chi connectivity index (χ3v) is 6.20. The minimum Gasteiger partial charge on any atom is -0.210 e. The third kappa shape index (κ3) is 4.25. The van der Waals surface area contributed by atoms with E-state index in [1.165, 1.54) is 16.6 Å². The summed E-state index contributed by atoms with van der Waals surface area (Å²) in [5, 5.41) is 1.95. The molecular weight excluding hydrogens is 355 g/mol. The summed E-state index contributed by atoms with van der Waals surface area (Å²) < 4.78 is 65.3. The van der Waals surface area contributed by atoms with Crippen molar-refractivity contribution in [3.8, 4) is 0 Å². The van der Waals surface area contributed by atoms with Crippen molar-refractivity contribution in [3.63, 3.8) is 0 Å². The molecule has 0 saturated carbocycles. The van der Waals surface area contributed by atoms with Crippen LogP contribution in [0.5, 0.6) is 0 Å². The van der Waals surface area contributed by atoms with E-state index in [4.69, 9.17) is 0 Å². The molecule has 1 N–H and O–H groups in total. The Morgan fingerprint density at radius 1 is 1.14 bits per heavy atom. The topological polar surface area (TPSA) is 46.2 Å². The molecule has 0 atom stereocenters. The quantitative estimate of drug-likeness (QED) is 0.603. The van der Waals surface area contributed by atoms with Gasteiger partial charge in [-0.25, -0.2) is 26.3 Å². The maximum atomic E-state index is 13.5. The van der Waals surface area contributed by atoms with Crippen LogP contribution in [0.25, 0.3) is 0 Å². The van der Waals surface area contributed by atoms with E-state index in [1.807, 2.05) is 17.5 Å². The maximum Gasteiger partial charge on any atom is 0.243 e. The van der Waals surface area contributed by atoms with Gasteiger partial charge in [0.1, 0.15) is 4.90 Å². The minimum atomic E-state index is -4.21. The highest BCUT2D eigenvalue weighted by molar-refractivity contribution is 7.98. The van der Waals surface area contributed by atoms with Gasteiger partial charge in [-0.15, -0.1) is 11.3 Å². The van der Waals surface area contributed by atoms with Gasteiger partial charge >= 0.3 is 0 Å². The fourth-order valence-electron chi connectivity index (χ4n) is 1.61. The molecule has 2 rings (SSSR count). The lowest BCUT2D eigenvalue weighted by Gasteiger charge is -2.08. The molecule has 0 radical (unpaired) electrons. The number of benzene rings is 1. The number of nitrogens with one attached hydrogen (secondary N) is 1. The van der Waals surface area contributed by atoms with E-state index < -0.39 is 32.4 Å². The van der Waals surface area contributed by atoms with Gasteiger partial charge in [0, 0.05) is 22.9 Å². The first-order valence-corrected chi connectivity index (χ1v) is 9.67. The van der Waals surface area contributed by atoms with Crippen LogP contribution in [-0.2, 0) is 15.8 Å². The Hall–Kier alpha value is -1.03. The highest BCUT2D eigenvalue weighted by Crippen LogP contribution is 2.20. The predicted molar refractivity (Wildman–Crippen MR) is 82.0 cm³/mol. The summed E-state index contributed by atoms with van der Waals surface area (Å²) in [6, 6.07) is 5.18. The van der Waals surface area contributed by atoms with E-state index >= 15 is 0 Å². The zero-order valence-electron chi connectivity index (χ0n) is 11.2. The molecule has 0 fully saturated rings. The van der Waals surface area contributed by atoms with Crippen molar-refractivity contribution in [1.82, 2.24) is 4.72 Å². The van der Waals surface area contributed by atoms with Crippen LogP contribution in [0, 0.1) is 17.5 Å². The average molecular weight is 367 g/mol. The van der Waals surface area contributed by atoms with Crippen LogP contribution in [0.2, 0.25) is 0 Å². The summed E-state index contributed by atoms with van der Waals surface area (Å²) in [5.74, 6) is -3.71. The number of thiophene rings is 1. The Morgan fingerprint density at radius 3 is 2.59 bits per heavy atom. The van der Waals surface area contributed by atoms with Crippen LogP contribution >= 0.6 is 23.1 Å². The lowest BCUT2D eigenvalue weighted by molar-refractivity contribution is 0.431. The van der Waals surface area contributed by atoms with Crippen molar-refractivity contribution in [2.45, 2.75) is 10.6 Å². The minimum absolute atomic E-state index is 0.0663. The SMILES string of the molecule is O=S(=O)(NCCSCc1cccs1)c1ccc(F)c(F)c1F. The van der Waals surface area contributed by atoms with Crippen molar-refractivity contribution in [2.24, 2.45) is 0 Å². The van der Waals surface area contributed by atoms with Gasteiger partial charge in [-0.1, -0.05) is 6.07 Å². The normalized spacial score (nSPS) is 11.8. The van der Waals surface area contributed by atoms with Crippen LogP contribution < -0.4 is 4.72 Å². The molecule has 0 bridgehead atoms. The molecule has 0 spiro atoms. The van der Waals surface area contributed by atoms with Gasteiger partial charge in [0.25, 0.3) is 0 Å². The number of hydrogen-bond donors (Lipinski definition) is 1. The molecular formula is C13H12F3NO2S3. The van der Waals surface area contributed by atoms with Crippen LogP contribution in [-0.4, -0.2) is 20.7 Å². The standard InChI is InChI=1S/C13H12F3NO2S3/c14-10-3-4-11(13(16)12(10)15)22(18,19)17-5-7-20-8-9-2-1-6-21-9/h1-4,6,17H,5,7-8H2. The van der Waals surface area contributed by atoms with E-state index in [0.717, 1.165) is 5.75 Å². The number of halogens is 3. The summed E-state index contributed by atoms with van der Waals surface area (Å²) in [6.45, 7) is 0.0663. The Labute approximate surface area is 134 Å². The molecule has 2 aromatic rings. The van der Waals surface area contributed by atoms with Gasteiger partial charge < -0.3 is 0 Å². The molecule has 0 amide bonds. The summed E-state index contributed by atoms with van der Waals surface area (Å²) in [7, 11) is -4.21. The van der Waals surface area contributed by atoms with Crippen molar-refractivity contribution in [3.05, 3.63) is 52.0 Å². The van der Waals surface area contributed by atoms with Gasteiger partial charge in [-0.2, -0.15) is 11.8 Å². The molecule has 0 aliphatic rings. The first-order valence-electron chi connectivity index (χ1n) is 6.15. The third-order valence-electron chi connectivity index (χ3n) is 2.65. The molecule has 0 unspecified atom stereocenters. The zero-order chi connectivity index (χ0) is 16.2. The molecule has 1 aromatic heterocycles. The number of sulfonamides is 1. The lowest BCUT2D eigenvalue weighted by atomic mass is 10.3. The van der Waals surface area contributed by atoms with E-state index in [-0.39, 0.29) is 6.54 Å². The molecule has 22 heavy (non-hydrogen) atoms. The summed E-state index contributed by atoms with van der Waals surface area (Å²) in [4.78, 5) is 0.272. The highest BCUT2D eigenvalue weighted by Gasteiger charge is 2.23.